The molecule has 3 heterocycles. The van der Waals surface area contributed by atoms with E-state index in [4.69, 9.17) is 0 Å². The number of carbonyl (C=O) groups excluding carboxylic acids is 1. The van der Waals surface area contributed by atoms with Gasteiger partial charge in [-0.15, -0.1) is 15.3 Å². The van der Waals surface area contributed by atoms with Crippen LogP contribution >= 0.6 is 11.5 Å². The summed E-state index contributed by atoms with van der Waals surface area (Å²) < 4.78 is 10.2. The van der Waals surface area contributed by atoms with Crippen LogP contribution in [0.1, 0.15) is 10.4 Å². The summed E-state index contributed by atoms with van der Waals surface area (Å²) >= 11 is 1.21. The molecule has 7 nitrogen and oxygen atoms in total. The van der Waals surface area contributed by atoms with Gasteiger partial charge in [-0.05, 0) is 23.7 Å². The van der Waals surface area contributed by atoms with Crippen molar-refractivity contribution >= 4 is 23.1 Å². The molecule has 3 aromatic heterocycles. The molecule has 0 unspecified atom stereocenters. The number of hydrogen-bond acceptors (Lipinski definition) is 7. The van der Waals surface area contributed by atoms with E-state index in [1.165, 1.54) is 18.6 Å². The lowest BCUT2D eigenvalue weighted by Gasteiger charge is -2.00. The Bertz CT molecular complexity index is 706. The first-order chi connectivity index (χ1) is 8.79. The lowest BCUT2D eigenvalue weighted by molar-refractivity contribution is 0.0600. The maximum atomic E-state index is 11.5. The molecule has 0 atom stereocenters. The Morgan fingerprint density at radius 2 is 2.28 bits per heavy atom. The van der Waals surface area contributed by atoms with Crippen LogP contribution in [0.4, 0.5) is 0 Å². The van der Waals surface area contributed by atoms with Gasteiger partial charge in [0.05, 0.1) is 18.9 Å². The number of ether oxygens (including phenoxy) is 1. The zero-order valence-corrected chi connectivity index (χ0v) is 10.1. The Morgan fingerprint density at radius 1 is 1.39 bits per heavy atom. The maximum Gasteiger partial charge on any atom is 0.339 e. The van der Waals surface area contributed by atoms with Gasteiger partial charge in [-0.2, -0.15) is 0 Å². The fraction of sp³-hybridized carbons (Fsp3) is 0.100. The quantitative estimate of drug-likeness (QED) is 0.641. The van der Waals surface area contributed by atoms with Crippen molar-refractivity contribution in [2.75, 3.05) is 7.11 Å². The zero-order chi connectivity index (χ0) is 12.5. The average Bonchev–Trinajstić information content (AvgIpc) is 3.05. The molecule has 90 valence electrons. The van der Waals surface area contributed by atoms with E-state index in [1.54, 1.807) is 28.9 Å². The first-order valence-electron chi connectivity index (χ1n) is 5.00. The topological polar surface area (TPSA) is 82.3 Å². The summed E-state index contributed by atoms with van der Waals surface area (Å²) in [5.41, 5.74) is 1.08. The van der Waals surface area contributed by atoms with E-state index in [2.05, 4.69) is 24.5 Å². The standard InChI is InChI=1S/C10H7N5O2S/c1-17-10(16)6-2-3-8-12-13-9(15(8)5-6)7-4-11-14-18-7/h2-5H,1H3. The Morgan fingerprint density at radius 3 is 3.00 bits per heavy atom. The van der Waals surface area contributed by atoms with Crippen molar-refractivity contribution in [2.24, 2.45) is 0 Å². The van der Waals surface area contributed by atoms with E-state index in [-0.39, 0.29) is 0 Å². The molecule has 3 aromatic rings. The molecular formula is C10H7N5O2S. The molecular weight excluding hydrogens is 254 g/mol. The number of pyridine rings is 1. The second-order valence-electron chi connectivity index (χ2n) is 3.44. The average molecular weight is 261 g/mol. The van der Waals surface area contributed by atoms with Crippen LogP contribution in [-0.4, -0.2) is 37.3 Å². The van der Waals surface area contributed by atoms with E-state index in [0.717, 1.165) is 4.88 Å². The fourth-order valence-electron chi connectivity index (χ4n) is 1.56. The summed E-state index contributed by atoms with van der Waals surface area (Å²) in [4.78, 5) is 12.3. The number of esters is 1. The highest BCUT2D eigenvalue weighted by molar-refractivity contribution is 7.09. The third-order valence-corrected chi connectivity index (χ3v) is 3.07. The largest absolute Gasteiger partial charge is 0.465 e. The number of nitrogens with zero attached hydrogens (tertiary/aromatic N) is 5. The molecule has 0 bridgehead atoms. The van der Waals surface area contributed by atoms with Crippen LogP contribution in [0.5, 0.6) is 0 Å². The van der Waals surface area contributed by atoms with Crippen LogP contribution in [0.25, 0.3) is 16.3 Å². The normalized spacial score (nSPS) is 10.7. The second kappa shape index (κ2) is 4.15. The Labute approximate surface area is 105 Å². The SMILES string of the molecule is COC(=O)c1ccc2nnc(-c3cnns3)n2c1. The summed E-state index contributed by atoms with van der Waals surface area (Å²) in [7, 11) is 1.34. The molecule has 0 aliphatic rings. The number of fused-ring (bicyclic) bond motifs is 1. The Hall–Kier alpha value is -2.35. The van der Waals surface area contributed by atoms with Gasteiger partial charge in [-0.25, -0.2) is 4.79 Å². The molecule has 0 N–H and O–H groups in total. The Kier molecular flexibility index (Phi) is 2.49. The number of aromatic nitrogens is 5. The van der Waals surface area contributed by atoms with Crippen LogP contribution in [-0.2, 0) is 4.74 Å². The van der Waals surface area contributed by atoms with Crippen LogP contribution < -0.4 is 0 Å². The van der Waals surface area contributed by atoms with Crippen LogP contribution in [0, 0.1) is 0 Å². The van der Waals surface area contributed by atoms with Crippen molar-refractivity contribution in [1.29, 1.82) is 0 Å². The lowest BCUT2D eigenvalue weighted by Crippen LogP contribution is -2.03. The molecule has 0 spiro atoms. The summed E-state index contributed by atoms with van der Waals surface area (Å²) in [6, 6.07) is 3.35. The van der Waals surface area contributed by atoms with Gasteiger partial charge in [0, 0.05) is 6.20 Å². The van der Waals surface area contributed by atoms with Crippen molar-refractivity contribution in [1.82, 2.24) is 24.2 Å². The van der Waals surface area contributed by atoms with E-state index < -0.39 is 5.97 Å². The molecule has 3 rings (SSSR count). The van der Waals surface area contributed by atoms with Crippen molar-refractivity contribution in [3.8, 4) is 10.7 Å². The van der Waals surface area contributed by atoms with Crippen LogP contribution in [0.2, 0.25) is 0 Å². The minimum absolute atomic E-state index is 0.404. The number of hydrogen-bond donors (Lipinski definition) is 0. The number of carbonyl (C=O) groups is 1. The van der Waals surface area contributed by atoms with E-state index in [1.807, 2.05) is 0 Å². The molecule has 0 saturated heterocycles. The lowest BCUT2D eigenvalue weighted by atomic mass is 10.3. The van der Waals surface area contributed by atoms with Crippen LogP contribution in [0.15, 0.2) is 24.5 Å². The molecule has 18 heavy (non-hydrogen) atoms. The van der Waals surface area contributed by atoms with Gasteiger partial charge in [0.2, 0.25) is 0 Å². The minimum Gasteiger partial charge on any atom is -0.465 e. The molecule has 0 saturated carbocycles. The molecule has 0 aliphatic heterocycles. The van der Waals surface area contributed by atoms with Crippen molar-refractivity contribution in [3.63, 3.8) is 0 Å². The van der Waals surface area contributed by atoms with Crippen molar-refractivity contribution in [3.05, 3.63) is 30.1 Å². The monoisotopic (exact) mass is 261 g/mol. The van der Waals surface area contributed by atoms with Crippen molar-refractivity contribution in [2.45, 2.75) is 0 Å². The first kappa shape index (κ1) is 10.8. The predicted octanol–water partition coefficient (Wildman–Crippen LogP) is 1.03. The van der Waals surface area contributed by atoms with Gasteiger partial charge in [-0.1, -0.05) is 4.49 Å². The number of methoxy groups -OCH3 is 1. The summed E-state index contributed by atoms with van der Waals surface area (Å²) in [6.07, 6.45) is 3.24. The maximum absolute atomic E-state index is 11.5. The van der Waals surface area contributed by atoms with Gasteiger partial charge < -0.3 is 4.74 Å². The highest BCUT2D eigenvalue weighted by atomic mass is 32.1. The summed E-state index contributed by atoms with van der Waals surface area (Å²) in [5, 5.41) is 11.8. The van der Waals surface area contributed by atoms with Gasteiger partial charge in [0.15, 0.2) is 11.5 Å². The third kappa shape index (κ3) is 1.63. The summed E-state index contributed by atoms with van der Waals surface area (Å²) in [5.74, 6) is 0.199. The molecule has 0 radical (unpaired) electrons. The van der Waals surface area contributed by atoms with Crippen molar-refractivity contribution < 1.29 is 9.53 Å². The van der Waals surface area contributed by atoms with Gasteiger partial charge in [0.1, 0.15) is 4.88 Å². The van der Waals surface area contributed by atoms with E-state index in [9.17, 15) is 4.79 Å². The number of rotatable bonds is 2. The zero-order valence-electron chi connectivity index (χ0n) is 9.27. The molecule has 8 heteroatoms. The molecule has 0 aliphatic carbocycles. The fourth-order valence-corrected chi connectivity index (χ4v) is 2.06. The van der Waals surface area contributed by atoms with Gasteiger partial charge >= 0.3 is 5.97 Å². The highest BCUT2D eigenvalue weighted by Crippen LogP contribution is 2.20. The predicted molar refractivity (Wildman–Crippen MR) is 63.2 cm³/mol. The van der Waals surface area contributed by atoms with E-state index >= 15 is 0 Å². The smallest absolute Gasteiger partial charge is 0.339 e. The molecule has 0 fully saturated rings. The molecule has 0 aromatic carbocycles. The van der Waals surface area contributed by atoms with Gasteiger partial charge in [-0.3, -0.25) is 4.40 Å². The third-order valence-electron chi connectivity index (χ3n) is 2.41. The minimum atomic E-state index is -0.404. The van der Waals surface area contributed by atoms with Crippen LogP contribution in [0.3, 0.4) is 0 Å². The van der Waals surface area contributed by atoms with Gasteiger partial charge in [0.25, 0.3) is 0 Å². The second-order valence-corrected chi connectivity index (χ2v) is 4.23. The highest BCUT2D eigenvalue weighted by Gasteiger charge is 2.13. The first-order valence-corrected chi connectivity index (χ1v) is 5.78. The van der Waals surface area contributed by atoms with E-state index in [0.29, 0.717) is 17.0 Å². The molecule has 0 amide bonds. The summed E-state index contributed by atoms with van der Waals surface area (Å²) in [6.45, 7) is 0. The Balaban J connectivity index is 2.19.